The van der Waals surface area contributed by atoms with Gasteiger partial charge in [0.25, 0.3) is 0 Å². The molecule has 2 amide bonds. The number of terminal acetylenes is 1. The number of carbonyl (C=O) groups is 1. The van der Waals surface area contributed by atoms with E-state index in [4.69, 9.17) is 6.42 Å². The predicted molar refractivity (Wildman–Crippen MR) is 88.1 cm³/mol. The van der Waals surface area contributed by atoms with E-state index in [9.17, 15) is 4.79 Å². The number of amides is 2. The maximum Gasteiger partial charge on any atom is 0.323 e. The van der Waals surface area contributed by atoms with Crippen LogP contribution in [0, 0.1) is 12.3 Å². The van der Waals surface area contributed by atoms with Gasteiger partial charge in [0.05, 0.1) is 10.8 Å². The summed E-state index contributed by atoms with van der Waals surface area (Å²) in [5, 5.41) is 7.69. The first-order valence-electron chi connectivity index (χ1n) is 6.04. The number of benzene rings is 2. The van der Waals surface area contributed by atoms with E-state index in [0.717, 1.165) is 0 Å². The first-order chi connectivity index (χ1) is 10.2. The average molecular weight is 293 g/mol. The van der Waals surface area contributed by atoms with Crippen LogP contribution in [0.25, 0.3) is 0 Å². The summed E-state index contributed by atoms with van der Waals surface area (Å²) in [5.74, 6) is 2.51. The molecule has 0 saturated carbocycles. The maximum atomic E-state index is 11.9. The van der Waals surface area contributed by atoms with Gasteiger partial charge < -0.3 is 10.6 Å². The lowest BCUT2D eigenvalue weighted by Gasteiger charge is -2.08. The number of thiocarbonyl (C=S) groups is 1. The first kappa shape index (κ1) is 14.5. The lowest BCUT2D eigenvalue weighted by atomic mass is 10.2. The van der Waals surface area contributed by atoms with Crippen LogP contribution in [0.5, 0.6) is 0 Å². The number of anilines is 2. The van der Waals surface area contributed by atoms with Crippen LogP contribution in [0.2, 0.25) is 0 Å². The third kappa shape index (κ3) is 4.29. The highest BCUT2D eigenvalue weighted by Crippen LogP contribution is 2.18. The molecule has 0 bridgehead atoms. The highest BCUT2D eigenvalue weighted by Gasteiger charge is 2.03. The Morgan fingerprint density at radius 3 is 2.43 bits per heavy atom. The van der Waals surface area contributed by atoms with Crippen LogP contribution in [0.3, 0.4) is 0 Å². The highest BCUT2D eigenvalue weighted by molar-refractivity contribution is 7.78. The number of rotatable bonds is 3. The van der Waals surface area contributed by atoms with Crippen molar-refractivity contribution in [3.63, 3.8) is 0 Å². The van der Waals surface area contributed by atoms with Crippen LogP contribution in [-0.2, 0) is 0 Å². The van der Waals surface area contributed by atoms with E-state index in [1.165, 1.54) is 0 Å². The minimum atomic E-state index is -0.368. The van der Waals surface area contributed by atoms with Crippen molar-refractivity contribution in [1.82, 2.24) is 0 Å². The zero-order valence-electron chi connectivity index (χ0n) is 11.0. The Kier molecular flexibility index (Phi) is 4.84. The molecule has 0 radical (unpaired) electrons. The molecule has 0 unspecified atom stereocenters. The lowest BCUT2D eigenvalue weighted by Crippen LogP contribution is -2.19. The van der Waals surface area contributed by atoms with Gasteiger partial charge >= 0.3 is 6.03 Å². The molecular formula is C16H11N3OS. The lowest BCUT2D eigenvalue weighted by molar-refractivity contribution is 0.262. The number of nitrogens with zero attached hydrogens (tertiary/aromatic N) is 1. The summed E-state index contributed by atoms with van der Waals surface area (Å²) >= 11 is 4.54. The molecule has 0 aromatic heterocycles. The van der Waals surface area contributed by atoms with Crippen molar-refractivity contribution >= 4 is 40.5 Å². The van der Waals surface area contributed by atoms with Crippen molar-refractivity contribution in [2.24, 2.45) is 4.99 Å². The Balaban J connectivity index is 2.06. The number of isothiocyanates is 1. The van der Waals surface area contributed by atoms with Gasteiger partial charge in [-0.2, -0.15) is 4.99 Å². The molecule has 0 aliphatic carbocycles. The summed E-state index contributed by atoms with van der Waals surface area (Å²) in [6.07, 6.45) is 5.32. The van der Waals surface area contributed by atoms with E-state index in [0.29, 0.717) is 22.6 Å². The summed E-state index contributed by atoms with van der Waals surface area (Å²) in [4.78, 5) is 15.8. The zero-order chi connectivity index (χ0) is 15.1. The van der Waals surface area contributed by atoms with Crippen molar-refractivity contribution in [3.05, 3.63) is 54.1 Å². The second-order valence-corrected chi connectivity index (χ2v) is 4.24. The van der Waals surface area contributed by atoms with Gasteiger partial charge in [-0.15, -0.1) is 6.42 Å². The Bertz CT molecular complexity index is 758. The van der Waals surface area contributed by atoms with Gasteiger partial charge in [0.15, 0.2) is 0 Å². The molecule has 21 heavy (non-hydrogen) atoms. The number of hydrogen-bond acceptors (Lipinski definition) is 3. The summed E-state index contributed by atoms with van der Waals surface area (Å²) in [6, 6.07) is 13.6. The molecule has 102 valence electrons. The van der Waals surface area contributed by atoms with Gasteiger partial charge in [-0.25, -0.2) is 4.79 Å². The fraction of sp³-hybridized carbons (Fsp3) is 0. The molecule has 0 fully saturated rings. The van der Waals surface area contributed by atoms with E-state index in [2.05, 4.69) is 38.9 Å². The molecule has 0 spiro atoms. The van der Waals surface area contributed by atoms with Crippen molar-refractivity contribution in [2.45, 2.75) is 0 Å². The fourth-order valence-corrected chi connectivity index (χ4v) is 1.79. The normalized spacial score (nSPS) is 9.10. The van der Waals surface area contributed by atoms with Gasteiger partial charge in [0.1, 0.15) is 0 Å². The van der Waals surface area contributed by atoms with Crippen molar-refractivity contribution in [1.29, 1.82) is 0 Å². The van der Waals surface area contributed by atoms with Crippen molar-refractivity contribution in [2.75, 3.05) is 10.6 Å². The molecule has 0 saturated heterocycles. The maximum absolute atomic E-state index is 11.9. The SMILES string of the molecule is C#Cc1cccc(NC(=O)Nc2cccc(N=C=S)c2)c1. The quantitative estimate of drug-likeness (QED) is 0.509. The highest BCUT2D eigenvalue weighted by atomic mass is 32.1. The van der Waals surface area contributed by atoms with E-state index < -0.39 is 0 Å². The molecule has 0 heterocycles. The van der Waals surface area contributed by atoms with Crippen molar-refractivity contribution < 1.29 is 4.79 Å². The first-order valence-corrected chi connectivity index (χ1v) is 6.45. The molecule has 4 nitrogen and oxygen atoms in total. The van der Waals surface area contributed by atoms with E-state index in [-0.39, 0.29) is 6.03 Å². The largest absolute Gasteiger partial charge is 0.323 e. The third-order valence-electron chi connectivity index (χ3n) is 2.57. The van der Waals surface area contributed by atoms with Gasteiger partial charge in [-0.3, -0.25) is 0 Å². The van der Waals surface area contributed by atoms with Crippen LogP contribution in [-0.4, -0.2) is 11.2 Å². The molecular weight excluding hydrogens is 282 g/mol. The second-order valence-electron chi connectivity index (χ2n) is 4.06. The average Bonchev–Trinajstić information content (AvgIpc) is 2.48. The Morgan fingerprint density at radius 2 is 1.76 bits per heavy atom. The molecule has 0 aliphatic heterocycles. The van der Waals surface area contributed by atoms with Crippen LogP contribution in [0.4, 0.5) is 21.9 Å². The molecule has 0 aliphatic rings. The number of carbonyl (C=O) groups excluding carboxylic acids is 1. The van der Waals surface area contributed by atoms with E-state index >= 15 is 0 Å². The summed E-state index contributed by atoms with van der Waals surface area (Å²) in [5.41, 5.74) is 2.55. The Morgan fingerprint density at radius 1 is 1.10 bits per heavy atom. The van der Waals surface area contributed by atoms with Crippen molar-refractivity contribution in [3.8, 4) is 12.3 Å². The fourth-order valence-electron chi connectivity index (χ4n) is 1.69. The molecule has 0 atom stereocenters. The molecule has 2 aromatic rings. The van der Waals surface area contributed by atoms with Gasteiger partial charge in [0, 0.05) is 16.9 Å². The number of nitrogens with one attached hydrogen (secondary N) is 2. The third-order valence-corrected chi connectivity index (χ3v) is 2.66. The molecule has 2 rings (SSSR count). The minimum absolute atomic E-state index is 0.368. The van der Waals surface area contributed by atoms with Crippen LogP contribution in [0.15, 0.2) is 53.5 Å². The van der Waals surface area contributed by atoms with Crippen LogP contribution < -0.4 is 10.6 Å². The number of urea groups is 1. The molecule has 2 N–H and O–H groups in total. The number of aliphatic imine (C=N–C) groups is 1. The minimum Gasteiger partial charge on any atom is -0.308 e. The summed E-state index contributed by atoms with van der Waals surface area (Å²) < 4.78 is 0. The van der Waals surface area contributed by atoms with Gasteiger partial charge in [-0.1, -0.05) is 18.1 Å². The Hall–Kier alpha value is -2.93. The summed E-state index contributed by atoms with van der Waals surface area (Å²) in [6.45, 7) is 0. The number of hydrogen-bond donors (Lipinski definition) is 2. The Labute approximate surface area is 127 Å². The van der Waals surface area contributed by atoms with E-state index in [1.807, 2.05) is 0 Å². The standard InChI is InChI=1S/C16H11N3OS/c1-2-12-5-3-7-14(9-12)18-16(20)19-15-8-4-6-13(10-15)17-11-21/h1,3-10H,(H2,18,19,20). The van der Waals surface area contributed by atoms with Gasteiger partial charge in [0.2, 0.25) is 0 Å². The molecule has 2 aromatic carbocycles. The van der Waals surface area contributed by atoms with Gasteiger partial charge in [-0.05, 0) is 48.6 Å². The van der Waals surface area contributed by atoms with Crippen LogP contribution in [0.1, 0.15) is 5.56 Å². The van der Waals surface area contributed by atoms with Crippen LogP contribution >= 0.6 is 12.2 Å². The topological polar surface area (TPSA) is 53.5 Å². The van der Waals surface area contributed by atoms with E-state index in [1.54, 1.807) is 48.5 Å². The summed E-state index contributed by atoms with van der Waals surface area (Å²) in [7, 11) is 0. The second kappa shape index (κ2) is 7.01. The predicted octanol–water partition coefficient (Wildman–Crippen LogP) is 4.05. The smallest absolute Gasteiger partial charge is 0.308 e. The zero-order valence-corrected chi connectivity index (χ0v) is 11.8. The molecule has 5 heteroatoms. The monoisotopic (exact) mass is 293 g/mol.